The first-order valence-electron chi connectivity index (χ1n) is 5.79. The summed E-state index contributed by atoms with van der Waals surface area (Å²) in [5, 5.41) is 3.35. The molecule has 0 bridgehead atoms. The van der Waals surface area contributed by atoms with Crippen molar-refractivity contribution in [3.63, 3.8) is 0 Å². The third kappa shape index (κ3) is 1.65. The predicted molar refractivity (Wildman–Crippen MR) is 56.4 cm³/mol. The van der Waals surface area contributed by atoms with Crippen LogP contribution in [0.15, 0.2) is 12.0 Å². The molecule has 5 heteroatoms. The van der Waals surface area contributed by atoms with Crippen molar-refractivity contribution in [1.82, 2.24) is 10.2 Å². The molecule has 1 amide bonds. The van der Waals surface area contributed by atoms with Crippen molar-refractivity contribution in [3.05, 3.63) is 12.0 Å². The van der Waals surface area contributed by atoms with Gasteiger partial charge in [0.05, 0.1) is 0 Å². The Morgan fingerprint density at radius 1 is 1.31 bits per heavy atom. The number of nitrogens with one attached hydrogen (secondary N) is 1. The Kier molecular flexibility index (Phi) is 2.47. The Labute approximate surface area is 94.4 Å². The molecule has 0 aromatic carbocycles. The lowest BCUT2D eigenvalue weighted by atomic mass is 10.0. The molecule has 2 atom stereocenters. The highest BCUT2D eigenvalue weighted by Gasteiger charge is 2.39. The van der Waals surface area contributed by atoms with Gasteiger partial charge >= 0.3 is 0 Å². The Bertz CT molecular complexity index is 317. The maximum Gasteiger partial charge on any atom is 0.292 e. The first kappa shape index (κ1) is 9.96. The Hall–Kier alpha value is -1.23. The zero-order chi connectivity index (χ0) is 11.0. The molecule has 2 unspecified atom stereocenters. The van der Waals surface area contributed by atoms with E-state index in [-0.39, 0.29) is 5.91 Å². The molecule has 0 saturated carbocycles. The molecule has 88 valence electrons. The molecule has 3 rings (SSSR count). The third-order valence-corrected chi connectivity index (χ3v) is 3.54. The molecule has 3 heterocycles. The van der Waals surface area contributed by atoms with E-state index in [2.05, 4.69) is 5.32 Å². The monoisotopic (exact) mass is 224 g/mol. The standard InChI is InChI=1S/C11H16N2O3/c14-11(10-7-15-1-2-16-10)13-5-8-3-12-4-9(8)6-13/h7-9,12H,1-6H2. The minimum absolute atomic E-state index is 0.0194. The van der Waals surface area contributed by atoms with Gasteiger partial charge in [-0.2, -0.15) is 0 Å². The van der Waals surface area contributed by atoms with Gasteiger partial charge in [-0.15, -0.1) is 0 Å². The minimum atomic E-state index is -0.0194. The van der Waals surface area contributed by atoms with E-state index in [0.717, 1.165) is 26.2 Å². The van der Waals surface area contributed by atoms with Crippen LogP contribution in [0.25, 0.3) is 0 Å². The van der Waals surface area contributed by atoms with Gasteiger partial charge in [-0.05, 0) is 11.8 Å². The minimum Gasteiger partial charge on any atom is -0.494 e. The summed E-state index contributed by atoms with van der Waals surface area (Å²) in [6.07, 6.45) is 1.44. The SMILES string of the molecule is O=C(C1=COCCO1)N1CC2CNCC2C1. The van der Waals surface area contributed by atoms with Crippen LogP contribution in [0.3, 0.4) is 0 Å². The molecule has 5 nitrogen and oxygen atoms in total. The highest BCUT2D eigenvalue weighted by Crippen LogP contribution is 2.27. The molecule has 0 radical (unpaired) electrons. The largest absolute Gasteiger partial charge is 0.494 e. The van der Waals surface area contributed by atoms with Crippen LogP contribution in [0.2, 0.25) is 0 Å². The van der Waals surface area contributed by atoms with E-state index >= 15 is 0 Å². The van der Waals surface area contributed by atoms with E-state index in [1.165, 1.54) is 6.26 Å². The number of hydrogen-bond acceptors (Lipinski definition) is 4. The number of carbonyl (C=O) groups is 1. The number of carbonyl (C=O) groups excluding carboxylic acids is 1. The van der Waals surface area contributed by atoms with E-state index in [9.17, 15) is 4.79 Å². The van der Waals surface area contributed by atoms with Crippen LogP contribution in [0, 0.1) is 11.8 Å². The first-order valence-corrected chi connectivity index (χ1v) is 5.79. The average Bonchev–Trinajstić information content (AvgIpc) is 2.89. The molecule has 16 heavy (non-hydrogen) atoms. The van der Waals surface area contributed by atoms with Crippen molar-refractivity contribution in [2.24, 2.45) is 11.8 Å². The molecule has 3 aliphatic rings. The number of rotatable bonds is 1. The number of ether oxygens (including phenoxy) is 2. The van der Waals surface area contributed by atoms with Gasteiger partial charge in [0.2, 0.25) is 5.76 Å². The lowest BCUT2D eigenvalue weighted by molar-refractivity contribution is -0.131. The summed E-state index contributed by atoms with van der Waals surface area (Å²) in [4.78, 5) is 13.9. The molecule has 3 aliphatic heterocycles. The fourth-order valence-electron chi connectivity index (χ4n) is 2.66. The smallest absolute Gasteiger partial charge is 0.292 e. The average molecular weight is 224 g/mol. The maximum absolute atomic E-state index is 12.1. The van der Waals surface area contributed by atoms with E-state index in [4.69, 9.17) is 9.47 Å². The quantitative estimate of drug-likeness (QED) is 0.655. The molecule has 0 aliphatic carbocycles. The van der Waals surface area contributed by atoms with Gasteiger partial charge in [0.1, 0.15) is 19.5 Å². The van der Waals surface area contributed by atoms with Crippen LogP contribution < -0.4 is 5.32 Å². The molecular weight excluding hydrogens is 208 g/mol. The first-order chi connectivity index (χ1) is 7.84. The van der Waals surface area contributed by atoms with E-state index in [0.29, 0.717) is 30.8 Å². The fraction of sp³-hybridized carbons (Fsp3) is 0.727. The summed E-state index contributed by atoms with van der Waals surface area (Å²) in [7, 11) is 0. The van der Waals surface area contributed by atoms with Crippen molar-refractivity contribution in [2.45, 2.75) is 0 Å². The zero-order valence-corrected chi connectivity index (χ0v) is 9.15. The number of hydrogen-bond donors (Lipinski definition) is 1. The summed E-state index contributed by atoms with van der Waals surface area (Å²) in [5.41, 5.74) is 0. The van der Waals surface area contributed by atoms with Gasteiger partial charge < -0.3 is 19.7 Å². The summed E-state index contributed by atoms with van der Waals surface area (Å²) in [5.74, 6) is 1.58. The van der Waals surface area contributed by atoms with Gasteiger partial charge in [0.25, 0.3) is 5.91 Å². The second-order valence-electron chi connectivity index (χ2n) is 4.59. The van der Waals surface area contributed by atoms with Crippen LogP contribution in [0.5, 0.6) is 0 Å². The second kappa shape index (κ2) is 3.97. The Balaban J connectivity index is 1.65. The molecule has 0 aromatic rings. The lowest BCUT2D eigenvalue weighted by Crippen LogP contribution is -2.34. The molecular formula is C11H16N2O3. The summed E-state index contributed by atoms with van der Waals surface area (Å²) >= 11 is 0. The molecule has 0 aromatic heterocycles. The predicted octanol–water partition coefficient (Wildman–Crippen LogP) is -0.448. The van der Waals surface area contributed by atoms with Gasteiger partial charge in [0, 0.05) is 26.2 Å². The van der Waals surface area contributed by atoms with Crippen LogP contribution >= 0.6 is 0 Å². The summed E-state index contributed by atoms with van der Waals surface area (Å²) in [6.45, 7) is 4.76. The Morgan fingerprint density at radius 2 is 2.06 bits per heavy atom. The zero-order valence-electron chi connectivity index (χ0n) is 9.15. The highest BCUT2D eigenvalue weighted by atomic mass is 16.6. The summed E-state index contributed by atoms with van der Waals surface area (Å²) < 4.78 is 10.4. The third-order valence-electron chi connectivity index (χ3n) is 3.54. The van der Waals surface area contributed by atoms with Gasteiger partial charge in [-0.25, -0.2) is 0 Å². The summed E-state index contributed by atoms with van der Waals surface area (Å²) in [6, 6.07) is 0. The number of amides is 1. The van der Waals surface area contributed by atoms with Crippen molar-refractivity contribution >= 4 is 5.91 Å². The molecule has 0 spiro atoms. The van der Waals surface area contributed by atoms with Crippen molar-refractivity contribution < 1.29 is 14.3 Å². The number of likely N-dealkylation sites (tertiary alicyclic amines) is 1. The second-order valence-corrected chi connectivity index (χ2v) is 4.59. The molecule has 2 saturated heterocycles. The van der Waals surface area contributed by atoms with E-state index < -0.39 is 0 Å². The van der Waals surface area contributed by atoms with Gasteiger partial charge in [0.15, 0.2) is 0 Å². The molecule has 1 N–H and O–H groups in total. The number of fused-ring (bicyclic) bond motifs is 1. The van der Waals surface area contributed by atoms with Crippen LogP contribution in [0.1, 0.15) is 0 Å². The topological polar surface area (TPSA) is 50.8 Å². The van der Waals surface area contributed by atoms with Crippen molar-refractivity contribution in [1.29, 1.82) is 0 Å². The van der Waals surface area contributed by atoms with Gasteiger partial charge in [-0.3, -0.25) is 4.79 Å². The highest BCUT2D eigenvalue weighted by molar-refractivity contribution is 5.91. The van der Waals surface area contributed by atoms with Crippen LogP contribution in [-0.2, 0) is 14.3 Å². The van der Waals surface area contributed by atoms with Crippen LogP contribution in [-0.4, -0.2) is 50.2 Å². The van der Waals surface area contributed by atoms with E-state index in [1.807, 2.05) is 4.90 Å². The fourth-order valence-corrected chi connectivity index (χ4v) is 2.66. The van der Waals surface area contributed by atoms with Crippen LogP contribution in [0.4, 0.5) is 0 Å². The van der Waals surface area contributed by atoms with Crippen molar-refractivity contribution in [2.75, 3.05) is 39.4 Å². The van der Waals surface area contributed by atoms with Gasteiger partial charge in [-0.1, -0.05) is 0 Å². The number of nitrogens with zero attached hydrogens (tertiary/aromatic N) is 1. The maximum atomic E-state index is 12.1. The van der Waals surface area contributed by atoms with E-state index in [1.54, 1.807) is 0 Å². The lowest BCUT2D eigenvalue weighted by Gasteiger charge is -2.21. The van der Waals surface area contributed by atoms with Crippen molar-refractivity contribution in [3.8, 4) is 0 Å². The normalized spacial score (nSPS) is 32.8. The molecule has 2 fully saturated rings. The Morgan fingerprint density at radius 3 is 2.69 bits per heavy atom.